The molecule has 2 aliphatic heterocycles. The molecule has 64 valence electrons. The molecule has 0 saturated heterocycles. The van der Waals surface area contributed by atoms with Gasteiger partial charge < -0.3 is 9.64 Å². The Hall–Kier alpha value is -1.09. The van der Waals surface area contributed by atoms with E-state index in [-0.39, 0.29) is 5.72 Å². The summed E-state index contributed by atoms with van der Waals surface area (Å²) in [5, 5.41) is 0. The number of hydrogen-bond donors (Lipinski definition) is 0. The Morgan fingerprint density at radius 2 is 2.42 bits per heavy atom. The number of allylic oxidation sites excluding steroid dienone is 2. The highest BCUT2D eigenvalue weighted by Gasteiger charge is 2.33. The summed E-state index contributed by atoms with van der Waals surface area (Å²) >= 11 is 0. The van der Waals surface area contributed by atoms with E-state index in [1.165, 1.54) is 0 Å². The van der Waals surface area contributed by atoms with Crippen LogP contribution in [0.2, 0.25) is 0 Å². The van der Waals surface area contributed by atoms with Crippen LogP contribution in [0.1, 0.15) is 6.92 Å². The highest BCUT2D eigenvalue weighted by Crippen LogP contribution is 2.23. The molecular weight excluding hydrogens is 152 g/mol. The summed E-state index contributed by atoms with van der Waals surface area (Å²) in [5.41, 5.74) is -0.367. The van der Waals surface area contributed by atoms with Gasteiger partial charge in [-0.05, 0) is 19.1 Å². The molecule has 2 heterocycles. The quantitative estimate of drug-likeness (QED) is 0.580. The topological polar surface area (TPSA) is 24.8 Å². The second-order valence-corrected chi connectivity index (χ2v) is 3.18. The Bertz CT molecular complexity index is 280. The van der Waals surface area contributed by atoms with Crippen molar-refractivity contribution in [1.29, 1.82) is 0 Å². The maximum absolute atomic E-state index is 5.29. The summed E-state index contributed by atoms with van der Waals surface area (Å²) in [6.45, 7) is 2.79. The third kappa shape index (κ3) is 1.06. The van der Waals surface area contributed by atoms with Gasteiger partial charge in [0.15, 0.2) is 5.72 Å². The number of fused-ring (bicyclic) bond motifs is 1. The lowest BCUT2D eigenvalue weighted by Crippen LogP contribution is -2.32. The molecule has 0 aliphatic carbocycles. The molecule has 0 aromatic heterocycles. The average molecular weight is 164 g/mol. The molecule has 12 heavy (non-hydrogen) atoms. The molecule has 2 rings (SSSR count). The molecule has 2 aliphatic rings. The molecule has 3 nitrogen and oxygen atoms in total. The SMILES string of the molecule is COC1(C)CN2C=CC=CC2=N1. The minimum absolute atomic E-state index is 0.367. The Balaban J connectivity index is 2.28. The summed E-state index contributed by atoms with van der Waals surface area (Å²) < 4.78 is 5.29. The molecule has 3 heteroatoms. The molecule has 0 spiro atoms. The summed E-state index contributed by atoms with van der Waals surface area (Å²) in [6, 6.07) is 0. The lowest BCUT2D eigenvalue weighted by Gasteiger charge is -2.20. The fourth-order valence-corrected chi connectivity index (χ4v) is 1.41. The van der Waals surface area contributed by atoms with Crippen LogP contribution in [-0.4, -0.2) is 30.1 Å². The van der Waals surface area contributed by atoms with E-state index < -0.39 is 0 Å². The van der Waals surface area contributed by atoms with E-state index in [2.05, 4.69) is 9.89 Å². The van der Waals surface area contributed by atoms with E-state index in [0.29, 0.717) is 0 Å². The zero-order valence-corrected chi connectivity index (χ0v) is 7.32. The van der Waals surface area contributed by atoms with Crippen LogP contribution in [0, 0.1) is 0 Å². The van der Waals surface area contributed by atoms with Crippen molar-refractivity contribution in [1.82, 2.24) is 4.90 Å². The van der Waals surface area contributed by atoms with Gasteiger partial charge in [-0.25, -0.2) is 4.99 Å². The molecule has 1 unspecified atom stereocenters. The average Bonchev–Trinajstić information content (AvgIpc) is 2.42. The van der Waals surface area contributed by atoms with Gasteiger partial charge in [-0.3, -0.25) is 0 Å². The van der Waals surface area contributed by atoms with E-state index in [1.807, 2.05) is 31.4 Å². The van der Waals surface area contributed by atoms with Crippen LogP contribution in [0.25, 0.3) is 0 Å². The first-order valence-electron chi connectivity index (χ1n) is 4.00. The van der Waals surface area contributed by atoms with Crippen LogP contribution in [-0.2, 0) is 4.74 Å². The number of amidine groups is 1. The van der Waals surface area contributed by atoms with Crippen LogP contribution >= 0.6 is 0 Å². The Kier molecular flexibility index (Phi) is 1.54. The number of rotatable bonds is 1. The summed E-state index contributed by atoms with van der Waals surface area (Å²) in [4.78, 5) is 6.53. The highest BCUT2D eigenvalue weighted by molar-refractivity contribution is 5.96. The largest absolute Gasteiger partial charge is 0.355 e. The van der Waals surface area contributed by atoms with E-state index in [4.69, 9.17) is 4.74 Å². The number of aliphatic imine (C=N–C) groups is 1. The van der Waals surface area contributed by atoms with E-state index >= 15 is 0 Å². The number of ether oxygens (including phenoxy) is 1. The molecule has 0 N–H and O–H groups in total. The molecule has 0 radical (unpaired) electrons. The summed E-state index contributed by atoms with van der Waals surface area (Å²) in [7, 11) is 1.69. The van der Waals surface area contributed by atoms with Crippen LogP contribution in [0.15, 0.2) is 29.4 Å². The minimum Gasteiger partial charge on any atom is -0.355 e. The second-order valence-electron chi connectivity index (χ2n) is 3.18. The van der Waals surface area contributed by atoms with Gasteiger partial charge in [0, 0.05) is 13.3 Å². The predicted octanol–water partition coefficient (Wildman–Crippen LogP) is 1.15. The van der Waals surface area contributed by atoms with Gasteiger partial charge in [0.2, 0.25) is 0 Å². The van der Waals surface area contributed by atoms with Crippen molar-refractivity contribution in [3.63, 3.8) is 0 Å². The predicted molar refractivity (Wildman–Crippen MR) is 47.8 cm³/mol. The molecule has 0 saturated carbocycles. The standard InChI is InChI=1S/C9H12N2O/c1-9(12-2)7-11-6-4-3-5-8(11)10-9/h3-6H,7H2,1-2H3. The molecule has 0 aromatic rings. The number of hydrogen-bond acceptors (Lipinski definition) is 3. The Morgan fingerprint density at radius 3 is 3.08 bits per heavy atom. The first kappa shape index (κ1) is 7.55. The molecule has 0 bridgehead atoms. The van der Waals surface area contributed by atoms with Gasteiger partial charge >= 0.3 is 0 Å². The first-order chi connectivity index (χ1) is 5.73. The van der Waals surface area contributed by atoms with Crippen molar-refractivity contribution in [3.8, 4) is 0 Å². The van der Waals surface area contributed by atoms with Gasteiger partial charge in [0.1, 0.15) is 5.84 Å². The molecule has 1 atom stereocenters. The second kappa shape index (κ2) is 2.45. The smallest absolute Gasteiger partial charge is 0.175 e. The molecular formula is C9H12N2O. The van der Waals surface area contributed by atoms with Crippen molar-refractivity contribution < 1.29 is 4.74 Å². The maximum atomic E-state index is 5.29. The Labute approximate surface area is 72.0 Å². The highest BCUT2D eigenvalue weighted by atomic mass is 16.5. The van der Waals surface area contributed by atoms with Crippen molar-refractivity contribution >= 4 is 5.84 Å². The van der Waals surface area contributed by atoms with Gasteiger partial charge in [0.25, 0.3) is 0 Å². The molecule has 0 aromatic carbocycles. The normalized spacial score (nSPS) is 32.2. The lowest BCUT2D eigenvalue weighted by molar-refractivity contribution is 0.0162. The van der Waals surface area contributed by atoms with Gasteiger partial charge in [-0.2, -0.15) is 0 Å². The van der Waals surface area contributed by atoms with Crippen molar-refractivity contribution in [2.75, 3.05) is 13.7 Å². The summed E-state index contributed by atoms with van der Waals surface area (Å²) in [5.74, 6) is 0.988. The van der Waals surface area contributed by atoms with Crippen molar-refractivity contribution in [2.45, 2.75) is 12.6 Å². The van der Waals surface area contributed by atoms with Crippen molar-refractivity contribution in [3.05, 3.63) is 24.4 Å². The third-order valence-electron chi connectivity index (χ3n) is 2.17. The van der Waals surface area contributed by atoms with Crippen LogP contribution in [0.4, 0.5) is 0 Å². The lowest BCUT2D eigenvalue weighted by atomic mass is 10.3. The van der Waals surface area contributed by atoms with Crippen LogP contribution in [0.3, 0.4) is 0 Å². The van der Waals surface area contributed by atoms with Crippen LogP contribution < -0.4 is 0 Å². The fraction of sp³-hybridized carbons (Fsp3) is 0.444. The fourth-order valence-electron chi connectivity index (χ4n) is 1.41. The number of nitrogens with zero attached hydrogens (tertiary/aromatic N) is 2. The monoisotopic (exact) mass is 164 g/mol. The van der Waals surface area contributed by atoms with Gasteiger partial charge in [-0.1, -0.05) is 6.08 Å². The first-order valence-corrected chi connectivity index (χ1v) is 4.00. The van der Waals surface area contributed by atoms with E-state index in [9.17, 15) is 0 Å². The number of methoxy groups -OCH3 is 1. The zero-order chi connectivity index (χ0) is 8.60. The van der Waals surface area contributed by atoms with E-state index in [0.717, 1.165) is 12.4 Å². The zero-order valence-electron chi connectivity index (χ0n) is 7.32. The third-order valence-corrected chi connectivity index (χ3v) is 2.17. The molecule has 0 amide bonds. The van der Waals surface area contributed by atoms with Crippen molar-refractivity contribution in [2.24, 2.45) is 4.99 Å². The van der Waals surface area contributed by atoms with Gasteiger partial charge in [0.05, 0.1) is 6.54 Å². The molecule has 0 fully saturated rings. The Morgan fingerprint density at radius 1 is 1.58 bits per heavy atom. The summed E-state index contributed by atoms with van der Waals surface area (Å²) in [6.07, 6.45) is 7.99. The maximum Gasteiger partial charge on any atom is 0.175 e. The minimum atomic E-state index is -0.367. The van der Waals surface area contributed by atoms with E-state index in [1.54, 1.807) is 7.11 Å². The van der Waals surface area contributed by atoms with Crippen LogP contribution in [0.5, 0.6) is 0 Å². The van der Waals surface area contributed by atoms with Gasteiger partial charge in [-0.15, -0.1) is 0 Å².